The quantitative estimate of drug-likeness (QED) is 0.400. The van der Waals surface area contributed by atoms with Crippen molar-refractivity contribution in [1.82, 2.24) is 4.57 Å². The number of nitrogens with zero attached hydrogens (tertiary/aromatic N) is 1. The highest BCUT2D eigenvalue weighted by atomic mass is 35.5. The number of aliphatic carboxylic acids is 1. The van der Waals surface area contributed by atoms with Gasteiger partial charge in [-0.1, -0.05) is 35.9 Å². The lowest BCUT2D eigenvalue weighted by Crippen LogP contribution is -2.16. The van der Waals surface area contributed by atoms with Gasteiger partial charge < -0.3 is 14.8 Å². The highest BCUT2D eigenvalue weighted by molar-refractivity contribution is 6.38. The summed E-state index contributed by atoms with van der Waals surface area (Å²) >= 11 is 5.90. The van der Waals surface area contributed by atoms with Gasteiger partial charge in [0.25, 0.3) is 5.78 Å². The molecule has 2 N–H and O–H groups in total. The predicted molar refractivity (Wildman–Crippen MR) is 102 cm³/mol. The summed E-state index contributed by atoms with van der Waals surface area (Å²) in [7, 11) is 0. The van der Waals surface area contributed by atoms with E-state index in [1.807, 2.05) is 12.1 Å². The third kappa shape index (κ3) is 3.91. The van der Waals surface area contributed by atoms with Crippen molar-refractivity contribution >= 4 is 40.0 Å². The maximum Gasteiger partial charge on any atom is 0.376 e. The fourth-order valence-corrected chi connectivity index (χ4v) is 2.83. The smallest absolute Gasteiger partial charge is 0.376 e. The number of hydrogen-bond acceptors (Lipinski definition) is 4. The van der Waals surface area contributed by atoms with E-state index in [0.29, 0.717) is 28.5 Å². The van der Waals surface area contributed by atoms with Crippen LogP contribution in [0.1, 0.15) is 11.1 Å². The number of benzene rings is 2. The second-order valence-electron chi connectivity index (χ2n) is 5.84. The first-order valence-corrected chi connectivity index (χ1v) is 8.29. The van der Waals surface area contributed by atoms with Gasteiger partial charge in [-0.05, 0) is 29.8 Å². The fraction of sp³-hybridized carbons (Fsp3) is 0.0500. The molecule has 2 aromatic carbocycles. The summed E-state index contributed by atoms with van der Waals surface area (Å²) in [6.45, 7) is 0.380. The molecule has 0 aliphatic carbocycles. The Labute approximate surface area is 158 Å². The Hall–Kier alpha value is -3.38. The van der Waals surface area contributed by atoms with Crippen LogP contribution >= 0.6 is 11.6 Å². The number of carboxylic acid groups (broad SMARTS) is 1. The second-order valence-corrected chi connectivity index (χ2v) is 6.28. The summed E-state index contributed by atoms with van der Waals surface area (Å²) in [6, 6.07) is 14.0. The molecule has 0 saturated carbocycles. The molecule has 136 valence electrons. The number of aliphatic hydroxyl groups is 1. The van der Waals surface area contributed by atoms with E-state index in [1.54, 1.807) is 41.0 Å². The van der Waals surface area contributed by atoms with E-state index in [1.165, 1.54) is 6.20 Å². The molecule has 27 heavy (non-hydrogen) atoms. The average molecular weight is 384 g/mol. The summed E-state index contributed by atoms with van der Waals surface area (Å²) in [5.41, 5.74) is 0.893. The van der Waals surface area contributed by atoms with E-state index in [9.17, 15) is 19.5 Å². The lowest BCUT2D eigenvalue weighted by molar-refractivity contribution is -0.146. The Balaban J connectivity index is 2.17. The number of pyridine rings is 1. The molecule has 0 unspecified atom stereocenters. The number of fused-ring (bicyclic) bond motifs is 1. The van der Waals surface area contributed by atoms with E-state index in [4.69, 9.17) is 16.7 Å². The van der Waals surface area contributed by atoms with Gasteiger partial charge in [0, 0.05) is 29.2 Å². The number of rotatable bonds is 5. The number of hydrogen-bond donors (Lipinski definition) is 2. The van der Waals surface area contributed by atoms with Crippen molar-refractivity contribution in [2.75, 3.05) is 0 Å². The molecule has 0 fully saturated rings. The van der Waals surface area contributed by atoms with Crippen LogP contribution in [0, 0.1) is 0 Å². The van der Waals surface area contributed by atoms with Crippen LogP contribution in [0.3, 0.4) is 0 Å². The Bertz CT molecular complexity index is 1130. The van der Waals surface area contributed by atoms with Gasteiger partial charge in [-0.2, -0.15) is 0 Å². The van der Waals surface area contributed by atoms with Crippen molar-refractivity contribution in [2.24, 2.45) is 0 Å². The van der Waals surface area contributed by atoms with E-state index < -0.39 is 22.9 Å². The molecule has 3 rings (SSSR count). The first-order chi connectivity index (χ1) is 12.9. The van der Waals surface area contributed by atoms with E-state index >= 15 is 0 Å². The van der Waals surface area contributed by atoms with Crippen LogP contribution in [0.15, 0.2) is 65.6 Å². The molecule has 0 spiro atoms. The maximum atomic E-state index is 12.7. The number of carboxylic acids is 1. The number of halogens is 1. The van der Waals surface area contributed by atoms with Gasteiger partial charge in [0.05, 0.1) is 11.1 Å². The molecule has 6 nitrogen and oxygen atoms in total. The molecule has 0 amide bonds. The normalized spacial score (nSPS) is 11.5. The van der Waals surface area contributed by atoms with Gasteiger partial charge in [0.1, 0.15) is 5.76 Å². The Kier molecular flexibility index (Phi) is 5.09. The highest BCUT2D eigenvalue weighted by Crippen LogP contribution is 2.18. The lowest BCUT2D eigenvalue weighted by Gasteiger charge is -2.13. The number of para-hydroxylation sites is 1. The van der Waals surface area contributed by atoms with Gasteiger partial charge in [-0.25, -0.2) is 4.79 Å². The van der Waals surface area contributed by atoms with Crippen LogP contribution in [0.5, 0.6) is 0 Å². The third-order valence-electron chi connectivity index (χ3n) is 4.01. The van der Waals surface area contributed by atoms with Crippen LogP contribution in [0.4, 0.5) is 0 Å². The van der Waals surface area contributed by atoms with Crippen molar-refractivity contribution < 1.29 is 19.8 Å². The molecule has 0 radical (unpaired) electrons. The first-order valence-electron chi connectivity index (χ1n) is 7.91. The Morgan fingerprint density at radius 3 is 2.37 bits per heavy atom. The highest BCUT2D eigenvalue weighted by Gasteiger charge is 2.16. The van der Waals surface area contributed by atoms with Gasteiger partial charge in [0.2, 0.25) is 0 Å². The first kappa shape index (κ1) is 18.4. The van der Waals surface area contributed by atoms with Crippen LogP contribution in [0.2, 0.25) is 5.02 Å². The van der Waals surface area contributed by atoms with Gasteiger partial charge >= 0.3 is 5.97 Å². The summed E-state index contributed by atoms with van der Waals surface area (Å²) < 4.78 is 1.74. The van der Waals surface area contributed by atoms with Crippen LogP contribution < -0.4 is 5.43 Å². The van der Waals surface area contributed by atoms with Crippen molar-refractivity contribution in [1.29, 1.82) is 0 Å². The molecular weight excluding hydrogens is 370 g/mol. The second kappa shape index (κ2) is 7.47. The molecule has 0 atom stereocenters. The van der Waals surface area contributed by atoms with Gasteiger partial charge in [0.15, 0.2) is 5.43 Å². The van der Waals surface area contributed by atoms with E-state index in [-0.39, 0.29) is 5.56 Å². The summed E-state index contributed by atoms with van der Waals surface area (Å²) in [5.74, 6) is -3.73. The summed E-state index contributed by atoms with van der Waals surface area (Å²) in [6.07, 6.45) is 1.93. The number of carbonyl (C=O) groups is 2. The van der Waals surface area contributed by atoms with E-state index in [2.05, 4.69) is 0 Å². The van der Waals surface area contributed by atoms with Crippen LogP contribution in [-0.4, -0.2) is 26.5 Å². The molecule has 3 aromatic rings. The Morgan fingerprint density at radius 2 is 1.70 bits per heavy atom. The SMILES string of the molecule is O=C(O)C(=O)C=C(O)c1cn(Cc2ccc(Cl)cc2)c2ccccc2c1=O. The minimum absolute atomic E-state index is 0.155. The van der Waals surface area contributed by atoms with Crippen LogP contribution in [-0.2, 0) is 16.1 Å². The molecule has 7 heteroatoms. The lowest BCUT2D eigenvalue weighted by atomic mass is 10.1. The topological polar surface area (TPSA) is 96.6 Å². The molecule has 0 saturated heterocycles. The van der Waals surface area contributed by atoms with Gasteiger partial charge in [-0.3, -0.25) is 9.59 Å². The zero-order valence-corrected chi connectivity index (χ0v) is 14.7. The zero-order chi connectivity index (χ0) is 19.6. The molecule has 1 heterocycles. The largest absolute Gasteiger partial charge is 0.507 e. The molecule has 1 aromatic heterocycles. The summed E-state index contributed by atoms with van der Waals surface area (Å²) in [4.78, 5) is 34.7. The molecule has 0 aliphatic rings. The zero-order valence-electron chi connectivity index (χ0n) is 13.9. The predicted octanol–water partition coefficient (Wildman–Crippen LogP) is 3.26. The van der Waals surface area contributed by atoms with Crippen LogP contribution in [0.25, 0.3) is 16.7 Å². The monoisotopic (exact) mass is 383 g/mol. The number of carbonyl (C=O) groups excluding carboxylic acids is 1. The van der Waals surface area contributed by atoms with Crippen molar-refractivity contribution in [2.45, 2.75) is 6.54 Å². The van der Waals surface area contributed by atoms with Crippen molar-refractivity contribution in [3.8, 4) is 0 Å². The average Bonchev–Trinajstić information content (AvgIpc) is 2.65. The number of ketones is 1. The van der Waals surface area contributed by atoms with E-state index in [0.717, 1.165) is 5.56 Å². The molecule has 0 bridgehead atoms. The standard InChI is InChI=1S/C20H14ClNO5/c21-13-7-5-12(6-8-13)10-22-11-15(17(23)9-18(24)20(26)27)19(25)14-3-1-2-4-16(14)22/h1-9,11,23H,10H2,(H,26,27). The fourth-order valence-electron chi connectivity index (χ4n) is 2.71. The Morgan fingerprint density at radius 1 is 1.04 bits per heavy atom. The third-order valence-corrected chi connectivity index (χ3v) is 4.26. The molecular formula is C20H14ClNO5. The minimum atomic E-state index is -1.72. The molecule has 0 aliphatic heterocycles. The van der Waals surface area contributed by atoms with Gasteiger partial charge in [-0.15, -0.1) is 0 Å². The summed E-state index contributed by atoms with van der Waals surface area (Å²) in [5, 5.41) is 19.8. The maximum absolute atomic E-state index is 12.7. The van der Waals surface area contributed by atoms with Crippen molar-refractivity contribution in [3.63, 3.8) is 0 Å². The van der Waals surface area contributed by atoms with Crippen molar-refractivity contribution in [3.05, 3.63) is 87.2 Å². The number of aliphatic hydroxyl groups excluding tert-OH is 1. The number of aromatic nitrogens is 1. The minimum Gasteiger partial charge on any atom is -0.507 e.